The lowest BCUT2D eigenvalue weighted by Gasteiger charge is -2.31. The minimum Gasteiger partial charge on any atom is -0.337 e. The third-order valence-electron chi connectivity index (χ3n) is 4.53. The van der Waals surface area contributed by atoms with E-state index in [2.05, 4.69) is 31.1 Å². The maximum atomic E-state index is 12.6. The van der Waals surface area contributed by atoms with Crippen molar-refractivity contribution in [3.8, 4) is 0 Å². The van der Waals surface area contributed by atoms with E-state index >= 15 is 0 Å². The van der Waals surface area contributed by atoms with Crippen LogP contribution < -0.4 is 0 Å². The van der Waals surface area contributed by atoms with E-state index in [1.54, 1.807) is 17.4 Å². The first-order valence-corrected chi connectivity index (χ1v) is 9.41. The standard InChI is InChI=1S/C19H25N3OS/c1-13-6-5-7-15(20-13)18(23)22-10-8-14(9-11-22)17-21-16(12-24-17)19(2,3)4/h5-7,12,14H,8-11H2,1-4H3. The topological polar surface area (TPSA) is 46.1 Å². The maximum absolute atomic E-state index is 12.6. The smallest absolute Gasteiger partial charge is 0.272 e. The van der Waals surface area contributed by atoms with Gasteiger partial charge in [0.1, 0.15) is 5.69 Å². The molecule has 0 saturated carbocycles. The molecule has 3 heterocycles. The minimum absolute atomic E-state index is 0.0478. The number of piperidine rings is 1. The van der Waals surface area contributed by atoms with Gasteiger partial charge in [0.15, 0.2) is 0 Å². The van der Waals surface area contributed by atoms with Crippen molar-refractivity contribution < 1.29 is 4.79 Å². The molecule has 1 fully saturated rings. The van der Waals surface area contributed by atoms with Gasteiger partial charge in [0.2, 0.25) is 0 Å². The molecule has 2 aromatic heterocycles. The zero-order chi connectivity index (χ0) is 17.3. The van der Waals surface area contributed by atoms with E-state index in [0.29, 0.717) is 11.6 Å². The highest BCUT2D eigenvalue weighted by Gasteiger charge is 2.28. The van der Waals surface area contributed by atoms with Crippen molar-refractivity contribution in [2.75, 3.05) is 13.1 Å². The summed E-state index contributed by atoms with van der Waals surface area (Å²) in [7, 11) is 0. The number of aromatic nitrogens is 2. The number of likely N-dealkylation sites (tertiary alicyclic amines) is 1. The Morgan fingerprint density at radius 2 is 1.92 bits per heavy atom. The third kappa shape index (κ3) is 3.66. The Morgan fingerprint density at radius 3 is 2.50 bits per heavy atom. The Bertz CT molecular complexity index is 724. The lowest BCUT2D eigenvalue weighted by Crippen LogP contribution is -2.38. The van der Waals surface area contributed by atoms with Crippen molar-refractivity contribution in [1.82, 2.24) is 14.9 Å². The van der Waals surface area contributed by atoms with Gasteiger partial charge in [0.05, 0.1) is 10.7 Å². The second-order valence-electron chi connectivity index (χ2n) is 7.55. The fraction of sp³-hybridized carbons (Fsp3) is 0.526. The number of rotatable bonds is 2. The van der Waals surface area contributed by atoms with Gasteiger partial charge in [0, 0.05) is 35.5 Å². The molecule has 1 aliphatic rings. The zero-order valence-corrected chi connectivity index (χ0v) is 15.7. The number of carbonyl (C=O) groups is 1. The molecule has 128 valence electrons. The molecule has 0 N–H and O–H groups in total. The van der Waals surface area contributed by atoms with Crippen LogP contribution in [0.25, 0.3) is 0 Å². The molecule has 4 nitrogen and oxygen atoms in total. The van der Waals surface area contributed by atoms with Gasteiger partial charge < -0.3 is 4.90 Å². The van der Waals surface area contributed by atoms with Gasteiger partial charge in [-0.2, -0.15) is 0 Å². The fourth-order valence-corrected chi connectivity index (χ4v) is 4.19. The normalized spacial score (nSPS) is 16.4. The van der Waals surface area contributed by atoms with Crippen LogP contribution in [0.3, 0.4) is 0 Å². The summed E-state index contributed by atoms with van der Waals surface area (Å²) in [5, 5.41) is 3.41. The van der Waals surface area contributed by atoms with Crippen LogP contribution in [0.4, 0.5) is 0 Å². The highest BCUT2D eigenvalue weighted by Crippen LogP contribution is 2.33. The molecule has 1 saturated heterocycles. The summed E-state index contributed by atoms with van der Waals surface area (Å²) in [5.41, 5.74) is 2.71. The molecule has 2 aromatic rings. The summed E-state index contributed by atoms with van der Waals surface area (Å²) in [6.07, 6.45) is 1.96. The molecule has 1 amide bonds. The van der Waals surface area contributed by atoms with Crippen LogP contribution in [0.5, 0.6) is 0 Å². The number of thiazole rings is 1. The van der Waals surface area contributed by atoms with E-state index in [1.807, 2.05) is 24.0 Å². The summed E-state index contributed by atoms with van der Waals surface area (Å²) < 4.78 is 0. The van der Waals surface area contributed by atoms with E-state index in [1.165, 1.54) is 10.7 Å². The summed E-state index contributed by atoms with van der Waals surface area (Å²) in [6.45, 7) is 10.1. The molecule has 0 unspecified atom stereocenters. The summed E-state index contributed by atoms with van der Waals surface area (Å²) in [4.78, 5) is 23.7. The number of pyridine rings is 1. The maximum Gasteiger partial charge on any atom is 0.272 e. The lowest BCUT2D eigenvalue weighted by atomic mass is 9.93. The largest absolute Gasteiger partial charge is 0.337 e. The van der Waals surface area contributed by atoms with E-state index in [0.717, 1.165) is 31.6 Å². The average Bonchev–Trinajstić information content (AvgIpc) is 3.04. The molecule has 3 rings (SSSR count). The van der Waals surface area contributed by atoms with Crippen LogP contribution in [0.1, 0.15) is 66.4 Å². The zero-order valence-electron chi connectivity index (χ0n) is 14.9. The SMILES string of the molecule is Cc1cccc(C(=O)N2CCC(c3nc(C(C)(C)C)cs3)CC2)n1. The van der Waals surface area contributed by atoms with Crippen LogP contribution in [0, 0.1) is 6.92 Å². The van der Waals surface area contributed by atoms with E-state index < -0.39 is 0 Å². The quantitative estimate of drug-likeness (QED) is 0.822. The molecule has 0 aliphatic carbocycles. The number of nitrogens with zero attached hydrogens (tertiary/aromatic N) is 3. The molecule has 0 radical (unpaired) electrons. The highest BCUT2D eigenvalue weighted by molar-refractivity contribution is 7.09. The van der Waals surface area contributed by atoms with Gasteiger partial charge in [-0.15, -0.1) is 11.3 Å². The number of aryl methyl sites for hydroxylation is 1. The predicted octanol–water partition coefficient (Wildman–Crippen LogP) is 4.16. The fourth-order valence-electron chi connectivity index (χ4n) is 2.97. The van der Waals surface area contributed by atoms with E-state index in [4.69, 9.17) is 4.98 Å². The van der Waals surface area contributed by atoms with E-state index in [9.17, 15) is 4.79 Å². The number of hydrogen-bond acceptors (Lipinski definition) is 4. The van der Waals surface area contributed by atoms with Crippen molar-refractivity contribution in [2.24, 2.45) is 0 Å². The van der Waals surface area contributed by atoms with Crippen molar-refractivity contribution in [1.29, 1.82) is 0 Å². The van der Waals surface area contributed by atoms with Gasteiger partial charge in [0.25, 0.3) is 5.91 Å². The molecular formula is C19H25N3OS. The first-order valence-electron chi connectivity index (χ1n) is 8.53. The third-order valence-corrected chi connectivity index (χ3v) is 5.54. The molecule has 0 bridgehead atoms. The second kappa shape index (κ2) is 6.63. The van der Waals surface area contributed by atoms with Crippen molar-refractivity contribution in [2.45, 2.75) is 51.9 Å². The first-order chi connectivity index (χ1) is 11.3. The molecule has 0 aromatic carbocycles. The number of hydrogen-bond donors (Lipinski definition) is 0. The monoisotopic (exact) mass is 343 g/mol. The highest BCUT2D eigenvalue weighted by atomic mass is 32.1. The average molecular weight is 343 g/mol. The predicted molar refractivity (Wildman–Crippen MR) is 97.7 cm³/mol. The van der Waals surface area contributed by atoms with Crippen LogP contribution in [-0.4, -0.2) is 33.9 Å². The first kappa shape index (κ1) is 17.1. The molecule has 24 heavy (non-hydrogen) atoms. The Hall–Kier alpha value is -1.75. The van der Waals surface area contributed by atoms with Crippen LogP contribution in [-0.2, 0) is 5.41 Å². The molecule has 0 spiro atoms. The van der Waals surface area contributed by atoms with Gasteiger partial charge in [-0.05, 0) is 31.9 Å². The van der Waals surface area contributed by atoms with Gasteiger partial charge in [-0.1, -0.05) is 26.8 Å². The summed E-state index contributed by atoms with van der Waals surface area (Å²) in [5.74, 6) is 0.521. The second-order valence-corrected chi connectivity index (χ2v) is 8.44. The Balaban J connectivity index is 1.63. The van der Waals surface area contributed by atoms with Crippen LogP contribution in [0.2, 0.25) is 0 Å². The van der Waals surface area contributed by atoms with Gasteiger partial charge in [-0.25, -0.2) is 9.97 Å². The molecule has 5 heteroatoms. The van der Waals surface area contributed by atoms with Crippen molar-refractivity contribution in [3.05, 3.63) is 45.7 Å². The van der Waals surface area contributed by atoms with Crippen LogP contribution in [0.15, 0.2) is 23.6 Å². The summed E-state index contributed by atoms with van der Waals surface area (Å²) >= 11 is 1.76. The van der Waals surface area contributed by atoms with Gasteiger partial charge >= 0.3 is 0 Å². The van der Waals surface area contributed by atoms with Crippen LogP contribution >= 0.6 is 11.3 Å². The Kier molecular flexibility index (Phi) is 4.72. The van der Waals surface area contributed by atoms with Gasteiger partial charge in [-0.3, -0.25) is 4.79 Å². The minimum atomic E-state index is 0.0478. The lowest BCUT2D eigenvalue weighted by molar-refractivity contribution is 0.0706. The molecular weight excluding hydrogens is 318 g/mol. The van der Waals surface area contributed by atoms with Crippen molar-refractivity contribution in [3.63, 3.8) is 0 Å². The molecule has 0 atom stereocenters. The van der Waals surface area contributed by atoms with E-state index in [-0.39, 0.29) is 11.3 Å². The Morgan fingerprint density at radius 1 is 1.21 bits per heavy atom. The molecule has 1 aliphatic heterocycles. The van der Waals surface area contributed by atoms with Crippen molar-refractivity contribution >= 4 is 17.2 Å². The number of carbonyl (C=O) groups excluding carboxylic acids is 1. The summed E-state index contributed by atoms with van der Waals surface area (Å²) in [6, 6.07) is 5.61. The number of amides is 1. The Labute approximate surface area is 147 Å².